The summed E-state index contributed by atoms with van der Waals surface area (Å²) in [5.74, 6) is 1.49. The second-order valence-corrected chi connectivity index (χ2v) is 10.8. The molecule has 3 aromatic carbocycles. The zero-order valence-electron chi connectivity index (χ0n) is 21.2. The molecule has 1 fully saturated rings. The molecule has 0 radical (unpaired) electrons. The highest BCUT2D eigenvalue weighted by Crippen LogP contribution is 2.33. The van der Waals surface area contributed by atoms with Gasteiger partial charge in [-0.25, -0.2) is 0 Å². The van der Waals surface area contributed by atoms with Gasteiger partial charge in [0.05, 0.1) is 7.11 Å². The van der Waals surface area contributed by atoms with E-state index in [1.165, 1.54) is 26.5 Å². The lowest BCUT2D eigenvalue weighted by Crippen LogP contribution is -2.32. The maximum Gasteiger partial charge on any atom is 0.226 e. The number of benzene rings is 3. The van der Waals surface area contributed by atoms with Gasteiger partial charge in [-0.15, -0.1) is 0 Å². The van der Waals surface area contributed by atoms with Crippen molar-refractivity contribution >= 4 is 23.4 Å². The largest absolute Gasteiger partial charge is 0.497 e. The summed E-state index contributed by atoms with van der Waals surface area (Å²) in [6, 6.07) is 23.5. The molecule has 0 bridgehead atoms. The second kappa shape index (κ2) is 11.8. The van der Waals surface area contributed by atoms with Gasteiger partial charge in [-0.2, -0.15) is 0 Å². The molecule has 0 unspecified atom stereocenters. The Balaban J connectivity index is 1.30. The minimum absolute atomic E-state index is 0.0157. The first-order valence-corrected chi connectivity index (χ1v) is 13.3. The topological polar surface area (TPSA) is 41.6 Å². The lowest BCUT2D eigenvalue weighted by atomic mass is 9.86. The van der Waals surface area contributed by atoms with E-state index in [1.54, 1.807) is 18.9 Å². The van der Waals surface area contributed by atoms with Crippen molar-refractivity contribution in [2.24, 2.45) is 5.92 Å². The molecule has 1 heterocycles. The lowest BCUT2D eigenvalue weighted by molar-refractivity contribution is -0.118. The van der Waals surface area contributed by atoms with Gasteiger partial charge in [-0.1, -0.05) is 43.8 Å². The van der Waals surface area contributed by atoms with Gasteiger partial charge in [0.15, 0.2) is 0 Å². The fourth-order valence-electron chi connectivity index (χ4n) is 4.55. The van der Waals surface area contributed by atoms with Crippen LogP contribution < -0.4 is 10.1 Å². The third-order valence-electron chi connectivity index (χ3n) is 6.72. The van der Waals surface area contributed by atoms with Crippen molar-refractivity contribution in [2.45, 2.75) is 55.9 Å². The van der Waals surface area contributed by atoms with Crippen molar-refractivity contribution in [3.05, 3.63) is 83.4 Å². The lowest BCUT2D eigenvalue weighted by Gasteiger charge is -2.33. The number of hydrogen-bond donors (Lipinski definition) is 1. The first-order valence-electron chi connectivity index (χ1n) is 12.5. The van der Waals surface area contributed by atoms with Gasteiger partial charge in [0.25, 0.3) is 0 Å². The van der Waals surface area contributed by atoms with Crippen molar-refractivity contribution in [1.82, 2.24) is 4.90 Å². The number of hydrogen-bond acceptors (Lipinski definition) is 4. The van der Waals surface area contributed by atoms with Crippen LogP contribution in [0.25, 0.3) is 0 Å². The minimum atomic E-state index is -0.0157. The van der Waals surface area contributed by atoms with Crippen LogP contribution in [0.1, 0.15) is 49.3 Å². The Hall–Kier alpha value is -2.76. The summed E-state index contributed by atoms with van der Waals surface area (Å²) in [6.07, 6.45) is 2.29. The quantitative estimate of drug-likeness (QED) is 0.366. The van der Waals surface area contributed by atoms with Crippen LogP contribution in [-0.4, -0.2) is 31.0 Å². The van der Waals surface area contributed by atoms with E-state index in [1.807, 2.05) is 32.0 Å². The summed E-state index contributed by atoms with van der Waals surface area (Å²) in [5, 5.41) is 3.06. The van der Waals surface area contributed by atoms with Crippen LogP contribution in [0.2, 0.25) is 0 Å². The van der Waals surface area contributed by atoms with Crippen molar-refractivity contribution in [1.29, 1.82) is 0 Å². The fraction of sp³-hybridized carbons (Fsp3) is 0.367. The van der Waals surface area contributed by atoms with Crippen LogP contribution in [0.4, 0.5) is 5.69 Å². The molecule has 184 valence electrons. The molecule has 35 heavy (non-hydrogen) atoms. The number of piperidine rings is 1. The summed E-state index contributed by atoms with van der Waals surface area (Å²) < 4.78 is 5.24. The molecular formula is C30H36N2O2S. The molecule has 0 aliphatic carbocycles. The number of carbonyl (C=O) groups is 1. The van der Waals surface area contributed by atoms with E-state index in [4.69, 9.17) is 4.74 Å². The standard InChI is InChI=1S/C30H36N2O2S/c1-21(2)30(33)31-25-8-5-22(3)29(19-25)24-15-17-32(18-16-24)20-23-6-11-27(12-7-23)35-28-13-9-26(34-4)10-14-28/h5-14,19,21,24H,15-18,20H2,1-4H3,(H,31,33). The van der Waals surface area contributed by atoms with E-state index in [0.29, 0.717) is 5.92 Å². The molecule has 1 saturated heterocycles. The molecule has 4 nitrogen and oxygen atoms in total. The number of likely N-dealkylation sites (tertiary alicyclic amines) is 1. The van der Waals surface area contributed by atoms with Gasteiger partial charge >= 0.3 is 0 Å². The molecule has 0 saturated carbocycles. The third-order valence-corrected chi connectivity index (χ3v) is 7.74. The zero-order valence-corrected chi connectivity index (χ0v) is 22.0. The molecule has 1 N–H and O–H groups in total. The maximum absolute atomic E-state index is 12.1. The van der Waals surface area contributed by atoms with E-state index in [2.05, 4.69) is 65.7 Å². The van der Waals surface area contributed by atoms with Gasteiger partial charge in [0, 0.05) is 27.9 Å². The van der Waals surface area contributed by atoms with Crippen molar-refractivity contribution < 1.29 is 9.53 Å². The average Bonchev–Trinajstić information content (AvgIpc) is 2.87. The Morgan fingerprint density at radius 1 is 1.00 bits per heavy atom. The predicted octanol–water partition coefficient (Wildman–Crippen LogP) is 7.13. The molecule has 0 atom stereocenters. The number of ether oxygens (including phenoxy) is 1. The maximum atomic E-state index is 12.1. The Morgan fingerprint density at radius 2 is 1.63 bits per heavy atom. The van der Waals surface area contributed by atoms with E-state index < -0.39 is 0 Å². The predicted molar refractivity (Wildman–Crippen MR) is 145 cm³/mol. The van der Waals surface area contributed by atoms with E-state index in [0.717, 1.165) is 43.9 Å². The monoisotopic (exact) mass is 488 g/mol. The minimum Gasteiger partial charge on any atom is -0.497 e. The summed E-state index contributed by atoms with van der Waals surface area (Å²) in [7, 11) is 1.69. The Kier molecular flexibility index (Phi) is 8.53. The number of amides is 1. The molecule has 1 aliphatic rings. The molecule has 1 amide bonds. The summed E-state index contributed by atoms with van der Waals surface area (Å²) in [5.41, 5.74) is 4.97. The SMILES string of the molecule is COc1ccc(Sc2ccc(CN3CCC(c4cc(NC(=O)C(C)C)ccc4C)CC3)cc2)cc1. The number of methoxy groups -OCH3 is 1. The van der Waals surface area contributed by atoms with Crippen LogP contribution in [-0.2, 0) is 11.3 Å². The Labute approximate surface area is 214 Å². The van der Waals surface area contributed by atoms with Crippen molar-refractivity contribution in [3.63, 3.8) is 0 Å². The molecule has 5 heteroatoms. The van der Waals surface area contributed by atoms with Crippen LogP contribution in [0.3, 0.4) is 0 Å². The fourth-order valence-corrected chi connectivity index (χ4v) is 5.36. The molecule has 0 aromatic heterocycles. The highest BCUT2D eigenvalue weighted by molar-refractivity contribution is 7.99. The first-order chi connectivity index (χ1) is 16.9. The van der Waals surface area contributed by atoms with Crippen LogP contribution in [0.5, 0.6) is 5.75 Å². The molecule has 1 aliphatic heterocycles. The van der Waals surface area contributed by atoms with Crippen LogP contribution in [0.15, 0.2) is 76.5 Å². The van der Waals surface area contributed by atoms with Gasteiger partial charge in [0.2, 0.25) is 5.91 Å². The van der Waals surface area contributed by atoms with E-state index >= 15 is 0 Å². The van der Waals surface area contributed by atoms with Crippen molar-refractivity contribution in [3.8, 4) is 5.75 Å². The number of aryl methyl sites for hydroxylation is 1. The molecular weight excluding hydrogens is 452 g/mol. The Bertz CT molecular complexity index is 1120. The number of nitrogens with one attached hydrogen (secondary N) is 1. The van der Waals surface area contributed by atoms with Gasteiger partial charge in [0.1, 0.15) is 5.75 Å². The van der Waals surface area contributed by atoms with E-state index in [9.17, 15) is 4.79 Å². The third kappa shape index (κ3) is 6.89. The number of carbonyl (C=O) groups excluding carboxylic acids is 1. The van der Waals surface area contributed by atoms with Crippen molar-refractivity contribution in [2.75, 3.05) is 25.5 Å². The normalized spacial score (nSPS) is 14.8. The zero-order chi connectivity index (χ0) is 24.8. The number of rotatable bonds is 8. The first kappa shape index (κ1) is 25.3. The van der Waals surface area contributed by atoms with Crippen LogP contribution in [0, 0.1) is 12.8 Å². The summed E-state index contributed by atoms with van der Waals surface area (Å²) >= 11 is 1.77. The molecule has 4 rings (SSSR count). The van der Waals surface area contributed by atoms with Gasteiger partial charge in [-0.3, -0.25) is 9.69 Å². The smallest absolute Gasteiger partial charge is 0.226 e. The average molecular weight is 489 g/mol. The second-order valence-electron chi connectivity index (χ2n) is 9.69. The van der Waals surface area contributed by atoms with Crippen LogP contribution >= 0.6 is 11.8 Å². The molecule has 0 spiro atoms. The highest BCUT2D eigenvalue weighted by Gasteiger charge is 2.22. The number of anilines is 1. The molecule has 3 aromatic rings. The summed E-state index contributed by atoms with van der Waals surface area (Å²) in [4.78, 5) is 17.1. The Morgan fingerprint density at radius 3 is 2.23 bits per heavy atom. The van der Waals surface area contributed by atoms with Gasteiger partial charge < -0.3 is 10.1 Å². The number of nitrogens with zero attached hydrogens (tertiary/aromatic N) is 1. The van der Waals surface area contributed by atoms with E-state index in [-0.39, 0.29) is 11.8 Å². The summed E-state index contributed by atoms with van der Waals surface area (Å²) in [6.45, 7) is 9.20. The highest BCUT2D eigenvalue weighted by atomic mass is 32.2. The van der Waals surface area contributed by atoms with Gasteiger partial charge in [-0.05, 0) is 104 Å².